The number of carbonyl (C=O) groups is 1. The van der Waals surface area contributed by atoms with Gasteiger partial charge in [0.2, 0.25) is 0 Å². The third kappa shape index (κ3) is 3.70. The highest BCUT2D eigenvalue weighted by molar-refractivity contribution is 5.96. The van der Waals surface area contributed by atoms with Crippen molar-refractivity contribution >= 4 is 5.91 Å². The number of hydrogen-bond donors (Lipinski definition) is 1. The second-order valence-corrected chi connectivity index (χ2v) is 7.53. The summed E-state index contributed by atoms with van der Waals surface area (Å²) in [6.45, 7) is 9.08. The highest BCUT2D eigenvalue weighted by Gasteiger charge is 2.26. The van der Waals surface area contributed by atoms with Gasteiger partial charge in [-0.3, -0.25) is 4.79 Å². The van der Waals surface area contributed by atoms with E-state index >= 15 is 0 Å². The maximum absolute atomic E-state index is 13.1. The highest BCUT2D eigenvalue weighted by Crippen LogP contribution is 2.26. The summed E-state index contributed by atoms with van der Waals surface area (Å²) in [7, 11) is 2.00. The molecule has 0 bridgehead atoms. The fourth-order valence-electron chi connectivity index (χ4n) is 4.11. The second-order valence-electron chi connectivity index (χ2n) is 7.53. The van der Waals surface area contributed by atoms with E-state index < -0.39 is 0 Å². The van der Waals surface area contributed by atoms with Gasteiger partial charge in [0.15, 0.2) is 0 Å². The minimum atomic E-state index is 0.185. The summed E-state index contributed by atoms with van der Waals surface area (Å²) in [5.41, 5.74) is 5.38. The Morgan fingerprint density at radius 1 is 1.15 bits per heavy atom. The van der Waals surface area contributed by atoms with Gasteiger partial charge in [-0.05, 0) is 77.2 Å². The van der Waals surface area contributed by atoms with Gasteiger partial charge in [0.05, 0.1) is 5.56 Å². The maximum atomic E-state index is 13.1. The molecular formula is C22H31N3O. The minimum Gasteiger partial charge on any atom is -0.339 e. The average molecular weight is 354 g/mol. The van der Waals surface area contributed by atoms with Gasteiger partial charge in [-0.25, -0.2) is 0 Å². The van der Waals surface area contributed by atoms with Crippen LogP contribution in [0.5, 0.6) is 0 Å². The third-order valence-corrected chi connectivity index (χ3v) is 5.72. The Bertz CT molecular complexity index is 770. The lowest BCUT2D eigenvalue weighted by Crippen LogP contribution is -2.39. The van der Waals surface area contributed by atoms with Crippen LogP contribution in [0.4, 0.5) is 0 Å². The van der Waals surface area contributed by atoms with Crippen molar-refractivity contribution < 1.29 is 4.79 Å². The van der Waals surface area contributed by atoms with Crippen molar-refractivity contribution in [1.82, 2.24) is 14.8 Å². The molecule has 0 unspecified atom stereocenters. The third-order valence-electron chi connectivity index (χ3n) is 5.72. The molecule has 1 aliphatic heterocycles. The average Bonchev–Trinajstić information content (AvgIpc) is 2.94. The Balaban J connectivity index is 1.78. The first-order valence-electron chi connectivity index (χ1n) is 9.71. The van der Waals surface area contributed by atoms with Gasteiger partial charge < -0.3 is 14.8 Å². The molecule has 1 aromatic heterocycles. The largest absolute Gasteiger partial charge is 0.339 e. The molecule has 0 radical (unpaired) electrons. The molecular weight excluding hydrogens is 322 g/mol. The Labute approximate surface area is 157 Å². The van der Waals surface area contributed by atoms with Crippen LogP contribution in [0, 0.1) is 26.7 Å². The normalized spacial score (nSPS) is 15.5. The lowest BCUT2D eigenvalue weighted by atomic mass is 9.93. The zero-order valence-electron chi connectivity index (χ0n) is 16.5. The van der Waals surface area contributed by atoms with E-state index in [9.17, 15) is 4.79 Å². The molecule has 2 aromatic rings. The molecule has 140 valence electrons. The van der Waals surface area contributed by atoms with Crippen LogP contribution in [0.3, 0.4) is 0 Å². The first-order chi connectivity index (χ1) is 12.5. The first-order valence-corrected chi connectivity index (χ1v) is 9.71. The molecule has 1 saturated heterocycles. The van der Waals surface area contributed by atoms with E-state index in [4.69, 9.17) is 0 Å². The summed E-state index contributed by atoms with van der Waals surface area (Å²) in [6, 6.07) is 10.4. The van der Waals surface area contributed by atoms with Crippen LogP contribution >= 0.6 is 0 Å². The number of nitrogens with one attached hydrogen (secondary N) is 1. The Morgan fingerprint density at radius 2 is 1.85 bits per heavy atom. The molecule has 1 amide bonds. The van der Waals surface area contributed by atoms with E-state index in [0.29, 0.717) is 0 Å². The van der Waals surface area contributed by atoms with Crippen LogP contribution in [-0.4, -0.2) is 42.1 Å². The number of likely N-dealkylation sites (tertiary alicyclic amines) is 1. The van der Waals surface area contributed by atoms with E-state index in [0.717, 1.165) is 61.0 Å². The number of aromatic nitrogens is 1. The predicted octanol–water partition coefficient (Wildman–Crippen LogP) is 3.86. The van der Waals surface area contributed by atoms with Crippen LogP contribution in [0.15, 0.2) is 30.3 Å². The molecule has 1 fully saturated rings. The van der Waals surface area contributed by atoms with Crippen LogP contribution in [0.1, 0.15) is 46.6 Å². The SMILES string of the molecule is CNCCC1CCN(C(=O)c2cc(C)n(-c3ccccc3C)c2C)CC1. The summed E-state index contributed by atoms with van der Waals surface area (Å²) in [6.07, 6.45) is 3.44. The van der Waals surface area contributed by atoms with Crippen molar-refractivity contribution in [3.63, 3.8) is 0 Å². The fourth-order valence-corrected chi connectivity index (χ4v) is 4.11. The number of nitrogens with zero attached hydrogens (tertiary/aromatic N) is 2. The Kier molecular flexibility index (Phi) is 5.82. The van der Waals surface area contributed by atoms with E-state index in [1.165, 1.54) is 12.0 Å². The molecule has 2 heterocycles. The molecule has 1 aliphatic rings. The molecule has 1 aromatic carbocycles. The molecule has 4 heteroatoms. The van der Waals surface area contributed by atoms with Crippen molar-refractivity contribution in [2.45, 2.75) is 40.0 Å². The van der Waals surface area contributed by atoms with E-state index in [-0.39, 0.29) is 5.91 Å². The van der Waals surface area contributed by atoms with Crippen molar-refractivity contribution in [3.8, 4) is 5.69 Å². The van der Waals surface area contributed by atoms with Gasteiger partial charge in [-0.15, -0.1) is 0 Å². The summed E-state index contributed by atoms with van der Waals surface area (Å²) >= 11 is 0. The summed E-state index contributed by atoms with van der Waals surface area (Å²) in [4.78, 5) is 15.2. The number of rotatable bonds is 5. The number of amides is 1. The summed E-state index contributed by atoms with van der Waals surface area (Å²) < 4.78 is 2.21. The van der Waals surface area contributed by atoms with Gasteiger partial charge in [0.1, 0.15) is 0 Å². The van der Waals surface area contributed by atoms with Crippen molar-refractivity contribution in [1.29, 1.82) is 0 Å². The predicted molar refractivity (Wildman–Crippen MR) is 107 cm³/mol. The highest BCUT2D eigenvalue weighted by atomic mass is 16.2. The lowest BCUT2D eigenvalue weighted by molar-refractivity contribution is 0.0686. The van der Waals surface area contributed by atoms with Gasteiger partial charge in [0, 0.05) is 30.2 Å². The molecule has 0 spiro atoms. The standard InChI is InChI=1S/C22H31N3O/c1-16-7-5-6-8-21(16)25-17(2)15-20(18(25)3)22(26)24-13-10-19(11-14-24)9-12-23-4/h5-8,15,19,23H,9-14H2,1-4H3. The van der Waals surface area contributed by atoms with Gasteiger partial charge in [-0.2, -0.15) is 0 Å². The maximum Gasteiger partial charge on any atom is 0.255 e. The first kappa shape index (κ1) is 18.7. The van der Waals surface area contributed by atoms with Crippen LogP contribution in [0.2, 0.25) is 0 Å². The van der Waals surface area contributed by atoms with Gasteiger partial charge >= 0.3 is 0 Å². The van der Waals surface area contributed by atoms with E-state index in [2.05, 4.69) is 61.0 Å². The number of hydrogen-bond acceptors (Lipinski definition) is 2. The Morgan fingerprint density at radius 3 is 2.50 bits per heavy atom. The number of benzene rings is 1. The zero-order valence-corrected chi connectivity index (χ0v) is 16.5. The molecule has 26 heavy (non-hydrogen) atoms. The minimum absolute atomic E-state index is 0.185. The number of carbonyl (C=O) groups excluding carboxylic acids is 1. The van der Waals surface area contributed by atoms with Crippen LogP contribution < -0.4 is 5.32 Å². The zero-order chi connectivity index (χ0) is 18.7. The molecule has 0 aliphatic carbocycles. The van der Waals surface area contributed by atoms with Gasteiger partial charge in [0.25, 0.3) is 5.91 Å². The Hall–Kier alpha value is -2.07. The quantitative estimate of drug-likeness (QED) is 0.886. The molecule has 4 nitrogen and oxygen atoms in total. The topological polar surface area (TPSA) is 37.3 Å². The molecule has 0 atom stereocenters. The monoisotopic (exact) mass is 353 g/mol. The van der Waals surface area contributed by atoms with E-state index in [1.807, 2.05) is 11.9 Å². The van der Waals surface area contributed by atoms with Crippen LogP contribution in [-0.2, 0) is 0 Å². The lowest BCUT2D eigenvalue weighted by Gasteiger charge is -2.32. The van der Waals surface area contributed by atoms with Gasteiger partial charge in [-0.1, -0.05) is 18.2 Å². The van der Waals surface area contributed by atoms with Crippen LogP contribution in [0.25, 0.3) is 5.69 Å². The fraction of sp³-hybridized carbons (Fsp3) is 0.500. The summed E-state index contributed by atoms with van der Waals surface area (Å²) in [5.74, 6) is 0.927. The number of aryl methyl sites for hydroxylation is 2. The van der Waals surface area contributed by atoms with Crippen molar-refractivity contribution in [3.05, 3.63) is 52.8 Å². The molecule has 1 N–H and O–H groups in total. The van der Waals surface area contributed by atoms with E-state index in [1.54, 1.807) is 0 Å². The van der Waals surface area contributed by atoms with Crippen molar-refractivity contribution in [2.75, 3.05) is 26.7 Å². The smallest absolute Gasteiger partial charge is 0.255 e. The molecule has 0 saturated carbocycles. The second kappa shape index (κ2) is 8.09. The molecule has 3 rings (SSSR count). The summed E-state index contributed by atoms with van der Waals surface area (Å²) in [5, 5.41) is 3.23. The van der Waals surface area contributed by atoms with Crippen molar-refractivity contribution in [2.24, 2.45) is 5.92 Å². The number of piperidine rings is 1. The number of para-hydroxylation sites is 1.